The number of carbonyl (C=O) groups is 1. The van der Waals surface area contributed by atoms with E-state index in [4.69, 9.17) is 9.47 Å². The van der Waals surface area contributed by atoms with Crippen molar-refractivity contribution in [2.75, 3.05) is 20.2 Å². The SMILES string of the molecule is C=CCNCC(=O)OC1CCCC(OC)C1. The third kappa shape index (κ3) is 4.77. The lowest BCUT2D eigenvalue weighted by Crippen LogP contribution is -2.33. The largest absolute Gasteiger partial charge is 0.461 e. The molecule has 0 radical (unpaired) electrons. The van der Waals surface area contributed by atoms with E-state index in [1.807, 2.05) is 0 Å². The van der Waals surface area contributed by atoms with Crippen LogP contribution in [0.1, 0.15) is 25.7 Å². The zero-order valence-corrected chi connectivity index (χ0v) is 9.91. The third-order valence-corrected chi connectivity index (χ3v) is 2.77. The van der Waals surface area contributed by atoms with Crippen molar-refractivity contribution in [2.45, 2.75) is 37.9 Å². The van der Waals surface area contributed by atoms with Crippen LogP contribution in [0.3, 0.4) is 0 Å². The molecule has 1 aliphatic rings. The molecule has 2 unspecified atom stereocenters. The molecule has 0 aromatic carbocycles. The highest BCUT2D eigenvalue weighted by Crippen LogP contribution is 2.22. The molecule has 4 nitrogen and oxygen atoms in total. The van der Waals surface area contributed by atoms with E-state index >= 15 is 0 Å². The topological polar surface area (TPSA) is 47.6 Å². The third-order valence-electron chi connectivity index (χ3n) is 2.77. The van der Waals surface area contributed by atoms with E-state index in [2.05, 4.69) is 11.9 Å². The van der Waals surface area contributed by atoms with Crippen molar-refractivity contribution in [1.82, 2.24) is 5.32 Å². The molecule has 1 rings (SSSR count). The van der Waals surface area contributed by atoms with E-state index in [1.165, 1.54) is 0 Å². The fourth-order valence-corrected chi connectivity index (χ4v) is 1.93. The average Bonchev–Trinajstić information content (AvgIpc) is 2.29. The van der Waals surface area contributed by atoms with Crippen molar-refractivity contribution in [3.8, 4) is 0 Å². The number of rotatable bonds is 6. The Kier molecular flexibility index (Phi) is 6.11. The molecule has 0 aliphatic heterocycles. The summed E-state index contributed by atoms with van der Waals surface area (Å²) in [5, 5.41) is 2.93. The molecule has 4 heteroatoms. The Bertz CT molecular complexity index is 230. The van der Waals surface area contributed by atoms with Crippen LogP contribution >= 0.6 is 0 Å². The molecular formula is C12H21NO3. The van der Waals surface area contributed by atoms with Gasteiger partial charge in [0.25, 0.3) is 0 Å². The summed E-state index contributed by atoms with van der Waals surface area (Å²) in [7, 11) is 1.71. The van der Waals surface area contributed by atoms with E-state index < -0.39 is 0 Å². The molecular weight excluding hydrogens is 206 g/mol. The molecule has 1 saturated carbocycles. The van der Waals surface area contributed by atoms with Crippen LogP contribution < -0.4 is 5.32 Å². The van der Waals surface area contributed by atoms with Crippen LogP contribution in [0, 0.1) is 0 Å². The molecule has 1 aliphatic carbocycles. The van der Waals surface area contributed by atoms with Gasteiger partial charge in [-0.05, 0) is 19.3 Å². The normalized spacial score (nSPS) is 25.1. The van der Waals surface area contributed by atoms with Crippen molar-refractivity contribution in [3.63, 3.8) is 0 Å². The van der Waals surface area contributed by atoms with E-state index in [0.717, 1.165) is 25.7 Å². The van der Waals surface area contributed by atoms with Crippen molar-refractivity contribution in [2.24, 2.45) is 0 Å². The summed E-state index contributed by atoms with van der Waals surface area (Å²) in [6.45, 7) is 4.44. The molecule has 92 valence electrons. The van der Waals surface area contributed by atoms with Gasteiger partial charge in [0.1, 0.15) is 6.10 Å². The van der Waals surface area contributed by atoms with Crippen molar-refractivity contribution in [3.05, 3.63) is 12.7 Å². The molecule has 1 N–H and O–H groups in total. The molecule has 0 aromatic heterocycles. The Morgan fingerprint density at radius 1 is 1.50 bits per heavy atom. The molecule has 0 saturated heterocycles. The summed E-state index contributed by atoms with van der Waals surface area (Å²) in [6.07, 6.45) is 5.89. The van der Waals surface area contributed by atoms with Gasteiger partial charge in [0.15, 0.2) is 0 Å². The number of carbonyl (C=O) groups excluding carboxylic acids is 1. The number of ether oxygens (including phenoxy) is 2. The smallest absolute Gasteiger partial charge is 0.320 e. The van der Waals surface area contributed by atoms with E-state index in [9.17, 15) is 4.79 Å². The first-order valence-electron chi connectivity index (χ1n) is 5.80. The van der Waals surface area contributed by atoms with Crippen LogP contribution in [0.2, 0.25) is 0 Å². The molecule has 1 fully saturated rings. The number of methoxy groups -OCH3 is 1. The molecule has 0 aromatic rings. The number of nitrogens with one attached hydrogen (secondary N) is 1. The van der Waals surface area contributed by atoms with Crippen molar-refractivity contribution < 1.29 is 14.3 Å². The maximum Gasteiger partial charge on any atom is 0.320 e. The van der Waals surface area contributed by atoms with Gasteiger partial charge < -0.3 is 14.8 Å². The lowest BCUT2D eigenvalue weighted by molar-refractivity contribution is -0.151. The fraction of sp³-hybridized carbons (Fsp3) is 0.750. The van der Waals surface area contributed by atoms with Gasteiger partial charge in [-0.3, -0.25) is 4.79 Å². The molecule has 16 heavy (non-hydrogen) atoms. The maximum atomic E-state index is 11.4. The number of hydrogen-bond donors (Lipinski definition) is 1. The Balaban J connectivity index is 2.19. The highest BCUT2D eigenvalue weighted by atomic mass is 16.5. The standard InChI is InChI=1S/C12H21NO3/c1-3-7-13-9-12(14)16-11-6-4-5-10(8-11)15-2/h3,10-11,13H,1,4-9H2,2H3. The van der Waals surface area contributed by atoms with Gasteiger partial charge >= 0.3 is 5.97 Å². The van der Waals surface area contributed by atoms with Gasteiger partial charge in [0.2, 0.25) is 0 Å². The first-order valence-corrected chi connectivity index (χ1v) is 5.80. The highest BCUT2D eigenvalue weighted by molar-refractivity contribution is 5.71. The van der Waals surface area contributed by atoms with Crippen molar-refractivity contribution in [1.29, 1.82) is 0 Å². The highest BCUT2D eigenvalue weighted by Gasteiger charge is 2.24. The summed E-state index contributed by atoms with van der Waals surface area (Å²) >= 11 is 0. The molecule has 2 atom stereocenters. The van der Waals surface area contributed by atoms with E-state index in [1.54, 1.807) is 13.2 Å². The van der Waals surface area contributed by atoms with Gasteiger partial charge in [0.05, 0.1) is 12.6 Å². The van der Waals surface area contributed by atoms with Gasteiger partial charge in [-0.2, -0.15) is 0 Å². The number of esters is 1. The van der Waals surface area contributed by atoms with Gasteiger partial charge in [0, 0.05) is 20.1 Å². The van der Waals surface area contributed by atoms with E-state index in [0.29, 0.717) is 6.54 Å². The summed E-state index contributed by atoms with van der Waals surface area (Å²) < 4.78 is 10.6. The maximum absolute atomic E-state index is 11.4. The Labute approximate surface area is 97.0 Å². The minimum absolute atomic E-state index is 0.0248. The minimum Gasteiger partial charge on any atom is -0.461 e. The van der Waals surface area contributed by atoms with Crippen molar-refractivity contribution >= 4 is 5.97 Å². The number of hydrogen-bond acceptors (Lipinski definition) is 4. The van der Waals surface area contributed by atoms with E-state index in [-0.39, 0.29) is 24.7 Å². The van der Waals surface area contributed by atoms with Crippen LogP contribution in [0.15, 0.2) is 12.7 Å². The molecule has 0 amide bonds. The van der Waals surface area contributed by atoms with Crippen LogP contribution in [0.25, 0.3) is 0 Å². The second kappa shape index (κ2) is 7.41. The van der Waals surface area contributed by atoms with Crippen LogP contribution in [-0.4, -0.2) is 38.4 Å². The van der Waals surface area contributed by atoms with Gasteiger partial charge in [-0.15, -0.1) is 6.58 Å². The Hall–Kier alpha value is -0.870. The monoisotopic (exact) mass is 227 g/mol. The Morgan fingerprint density at radius 3 is 2.94 bits per heavy atom. The van der Waals surface area contributed by atoms with Crippen LogP contribution in [-0.2, 0) is 14.3 Å². The molecule has 0 spiro atoms. The lowest BCUT2D eigenvalue weighted by atomic mass is 9.95. The van der Waals surface area contributed by atoms with Gasteiger partial charge in [-0.25, -0.2) is 0 Å². The summed E-state index contributed by atoms with van der Waals surface area (Å²) in [5.74, 6) is -0.191. The summed E-state index contributed by atoms with van der Waals surface area (Å²) in [4.78, 5) is 11.4. The Morgan fingerprint density at radius 2 is 2.25 bits per heavy atom. The molecule has 0 heterocycles. The zero-order valence-electron chi connectivity index (χ0n) is 9.91. The van der Waals surface area contributed by atoms with Crippen LogP contribution in [0.5, 0.6) is 0 Å². The summed E-state index contributed by atoms with van der Waals surface area (Å²) in [5.41, 5.74) is 0. The predicted octanol–water partition coefficient (Wildman–Crippen LogP) is 1.26. The minimum atomic E-state index is -0.191. The second-order valence-corrected chi connectivity index (χ2v) is 4.06. The lowest BCUT2D eigenvalue weighted by Gasteiger charge is -2.27. The van der Waals surface area contributed by atoms with Gasteiger partial charge in [-0.1, -0.05) is 6.08 Å². The zero-order chi connectivity index (χ0) is 11.8. The quantitative estimate of drug-likeness (QED) is 0.421. The average molecular weight is 227 g/mol. The summed E-state index contributed by atoms with van der Waals surface area (Å²) in [6, 6.07) is 0. The molecule has 0 bridgehead atoms. The fourth-order valence-electron chi connectivity index (χ4n) is 1.93. The second-order valence-electron chi connectivity index (χ2n) is 4.06. The first-order chi connectivity index (χ1) is 7.76. The predicted molar refractivity (Wildman–Crippen MR) is 62.2 cm³/mol. The van der Waals surface area contributed by atoms with Crippen LogP contribution in [0.4, 0.5) is 0 Å². The first kappa shape index (κ1) is 13.2.